The van der Waals surface area contributed by atoms with Crippen LogP contribution in [-0.2, 0) is 11.2 Å². The van der Waals surface area contributed by atoms with Crippen LogP contribution in [0.5, 0.6) is 11.5 Å². The molecule has 0 saturated heterocycles. The zero-order chi connectivity index (χ0) is 18.9. The number of carbonyl (C=O) groups is 1. The van der Waals surface area contributed by atoms with Gasteiger partial charge in [0.15, 0.2) is 5.96 Å². The van der Waals surface area contributed by atoms with Gasteiger partial charge < -0.3 is 25.8 Å². The predicted octanol–water partition coefficient (Wildman–Crippen LogP) is 2.63. The van der Waals surface area contributed by atoms with E-state index >= 15 is 0 Å². The predicted molar refractivity (Wildman–Crippen MR) is 104 cm³/mol. The smallest absolute Gasteiger partial charge is 0.246 e. The summed E-state index contributed by atoms with van der Waals surface area (Å²) in [4.78, 5) is 16.1. The highest BCUT2D eigenvalue weighted by Crippen LogP contribution is 2.28. The van der Waals surface area contributed by atoms with Gasteiger partial charge in [0.05, 0.1) is 19.9 Å². The number of nitrogens with zero attached hydrogens (tertiary/aromatic N) is 1. The maximum atomic E-state index is 12.0. The second kappa shape index (κ2) is 9.31. The Morgan fingerprint density at radius 2 is 1.92 bits per heavy atom. The molecule has 2 aromatic carbocycles. The summed E-state index contributed by atoms with van der Waals surface area (Å²) in [6.45, 7) is 1.96. The lowest BCUT2D eigenvalue weighted by molar-refractivity contribution is -0.114. The van der Waals surface area contributed by atoms with Crippen LogP contribution < -0.4 is 25.8 Å². The lowest BCUT2D eigenvalue weighted by Gasteiger charge is -2.12. The minimum absolute atomic E-state index is 0.0958. The number of nitrogens with one attached hydrogen (secondary N) is 2. The van der Waals surface area contributed by atoms with Crippen LogP contribution in [0, 0.1) is 0 Å². The molecule has 7 nitrogen and oxygen atoms in total. The van der Waals surface area contributed by atoms with E-state index in [1.165, 1.54) is 0 Å². The molecule has 138 valence electrons. The van der Waals surface area contributed by atoms with E-state index in [1.807, 2.05) is 24.3 Å². The Bertz CT molecular complexity index is 790. The highest BCUT2D eigenvalue weighted by molar-refractivity contribution is 5.97. The first-order valence-electron chi connectivity index (χ1n) is 8.23. The molecule has 0 bridgehead atoms. The molecule has 1 amide bonds. The first-order chi connectivity index (χ1) is 12.5. The van der Waals surface area contributed by atoms with E-state index in [-0.39, 0.29) is 18.4 Å². The molecule has 0 heterocycles. The van der Waals surface area contributed by atoms with Gasteiger partial charge in [0.25, 0.3) is 0 Å². The standard InChI is InChI=1S/C19H24N4O3/c1-4-13-6-5-7-14(10-13)22-18(24)12-21-19(20)23-16-11-15(25-2)8-9-17(16)26-3/h5-11H,4,12H2,1-3H3,(H,22,24)(H3,20,21,23). The van der Waals surface area contributed by atoms with Crippen LogP contribution >= 0.6 is 0 Å². The Labute approximate surface area is 153 Å². The lowest BCUT2D eigenvalue weighted by atomic mass is 10.1. The Hall–Kier alpha value is -3.22. The Kier molecular flexibility index (Phi) is 6.84. The van der Waals surface area contributed by atoms with Gasteiger partial charge in [0.2, 0.25) is 5.91 Å². The maximum Gasteiger partial charge on any atom is 0.246 e. The second-order valence-electron chi connectivity index (χ2n) is 5.49. The number of guanidine groups is 1. The molecule has 0 unspecified atom stereocenters. The van der Waals surface area contributed by atoms with Gasteiger partial charge in [-0.05, 0) is 36.2 Å². The van der Waals surface area contributed by atoms with E-state index in [4.69, 9.17) is 15.2 Å². The largest absolute Gasteiger partial charge is 0.497 e. The van der Waals surface area contributed by atoms with Crippen molar-refractivity contribution in [3.05, 3.63) is 48.0 Å². The number of methoxy groups -OCH3 is 2. The van der Waals surface area contributed by atoms with Gasteiger partial charge in [-0.2, -0.15) is 0 Å². The van der Waals surface area contributed by atoms with Crippen LogP contribution in [0.15, 0.2) is 47.5 Å². The summed E-state index contributed by atoms with van der Waals surface area (Å²) in [6.07, 6.45) is 0.904. The van der Waals surface area contributed by atoms with Crippen molar-refractivity contribution in [1.82, 2.24) is 0 Å². The lowest BCUT2D eigenvalue weighted by Crippen LogP contribution is -2.25. The molecule has 0 saturated carbocycles. The summed E-state index contributed by atoms with van der Waals surface area (Å²) in [5.74, 6) is 1.09. The number of aryl methyl sites for hydroxylation is 1. The first-order valence-corrected chi connectivity index (χ1v) is 8.23. The fourth-order valence-corrected chi connectivity index (χ4v) is 2.32. The molecule has 0 aromatic heterocycles. The van der Waals surface area contributed by atoms with E-state index in [2.05, 4.69) is 22.5 Å². The number of benzene rings is 2. The zero-order valence-electron chi connectivity index (χ0n) is 15.2. The van der Waals surface area contributed by atoms with Gasteiger partial charge in [0.1, 0.15) is 18.0 Å². The number of ether oxygens (including phenoxy) is 2. The molecule has 0 aliphatic carbocycles. The SMILES string of the molecule is CCc1cccc(NC(=O)CN=C(N)Nc2cc(OC)ccc2OC)c1. The second-order valence-corrected chi connectivity index (χ2v) is 5.49. The van der Waals surface area contributed by atoms with Crippen LogP contribution in [0.25, 0.3) is 0 Å². The van der Waals surface area contributed by atoms with E-state index < -0.39 is 0 Å². The Morgan fingerprint density at radius 3 is 2.62 bits per heavy atom. The molecular formula is C19H24N4O3. The Morgan fingerprint density at radius 1 is 1.12 bits per heavy atom. The van der Waals surface area contributed by atoms with E-state index in [1.54, 1.807) is 32.4 Å². The molecule has 0 atom stereocenters. The van der Waals surface area contributed by atoms with Crippen molar-refractivity contribution in [2.75, 3.05) is 31.4 Å². The number of amides is 1. The van der Waals surface area contributed by atoms with Gasteiger partial charge in [-0.3, -0.25) is 4.79 Å². The van der Waals surface area contributed by atoms with Crippen LogP contribution in [0.3, 0.4) is 0 Å². The number of nitrogens with two attached hydrogens (primary N) is 1. The number of anilines is 2. The fraction of sp³-hybridized carbons (Fsp3) is 0.263. The van der Waals surface area contributed by atoms with Crippen LogP contribution in [0.2, 0.25) is 0 Å². The molecule has 2 rings (SSSR count). The summed E-state index contributed by atoms with van der Waals surface area (Å²) in [7, 11) is 3.12. The average molecular weight is 356 g/mol. The van der Waals surface area contributed by atoms with Crippen molar-refractivity contribution in [3.63, 3.8) is 0 Å². The normalized spacial score (nSPS) is 11.0. The molecule has 7 heteroatoms. The van der Waals surface area contributed by atoms with Crippen molar-refractivity contribution in [3.8, 4) is 11.5 Å². The molecule has 0 radical (unpaired) electrons. The minimum atomic E-state index is -0.249. The molecule has 0 aliphatic rings. The summed E-state index contributed by atoms with van der Waals surface area (Å²) < 4.78 is 10.4. The number of carbonyl (C=O) groups excluding carboxylic acids is 1. The van der Waals surface area contributed by atoms with Crippen molar-refractivity contribution in [2.24, 2.45) is 10.7 Å². The first kappa shape index (κ1) is 19.1. The summed E-state index contributed by atoms with van der Waals surface area (Å²) in [6, 6.07) is 12.9. The Balaban J connectivity index is 1.98. The summed E-state index contributed by atoms with van der Waals surface area (Å²) >= 11 is 0. The third-order valence-corrected chi connectivity index (χ3v) is 3.68. The zero-order valence-corrected chi connectivity index (χ0v) is 15.2. The van der Waals surface area contributed by atoms with Gasteiger partial charge in [-0.1, -0.05) is 19.1 Å². The number of aliphatic imine (C=N–C) groups is 1. The number of hydrogen-bond donors (Lipinski definition) is 3. The highest BCUT2D eigenvalue weighted by atomic mass is 16.5. The third-order valence-electron chi connectivity index (χ3n) is 3.68. The van der Waals surface area contributed by atoms with Crippen molar-refractivity contribution < 1.29 is 14.3 Å². The molecule has 26 heavy (non-hydrogen) atoms. The van der Waals surface area contributed by atoms with Crippen LogP contribution in [-0.4, -0.2) is 32.6 Å². The van der Waals surface area contributed by atoms with Crippen molar-refractivity contribution in [1.29, 1.82) is 0 Å². The molecule has 0 spiro atoms. The molecular weight excluding hydrogens is 332 g/mol. The van der Waals surface area contributed by atoms with Gasteiger partial charge >= 0.3 is 0 Å². The molecule has 4 N–H and O–H groups in total. The van der Waals surface area contributed by atoms with Gasteiger partial charge in [-0.15, -0.1) is 0 Å². The van der Waals surface area contributed by atoms with Crippen molar-refractivity contribution in [2.45, 2.75) is 13.3 Å². The topological polar surface area (TPSA) is 98.0 Å². The molecule has 0 aliphatic heterocycles. The quantitative estimate of drug-likeness (QED) is 0.523. The number of rotatable bonds is 7. The summed E-state index contributed by atoms with van der Waals surface area (Å²) in [5.41, 5.74) is 8.36. The fourth-order valence-electron chi connectivity index (χ4n) is 2.32. The minimum Gasteiger partial charge on any atom is -0.497 e. The monoisotopic (exact) mass is 356 g/mol. The third kappa shape index (κ3) is 5.41. The van der Waals surface area contributed by atoms with Gasteiger partial charge in [0, 0.05) is 11.8 Å². The summed E-state index contributed by atoms with van der Waals surface area (Å²) in [5, 5.41) is 5.72. The molecule has 2 aromatic rings. The number of hydrogen-bond acceptors (Lipinski definition) is 4. The van der Waals surface area contributed by atoms with Crippen LogP contribution in [0.4, 0.5) is 11.4 Å². The van der Waals surface area contributed by atoms with E-state index in [9.17, 15) is 4.79 Å². The molecule has 0 fully saturated rings. The highest BCUT2D eigenvalue weighted by Gasteiger charge is 2.07. The van der Waals surface area contributed by atoms with Crippen LogP contribution in [0.1, 0.15) is 12.5 Å². The van der Waals surface area contributed by atoms with E-state index in [0.29, 0.717) is 17.2 Å². The van der Waals surface area contributed by atoms with Crippen molar-refractivity contribution >= 4 is 23.2 Å². The average Bonchev–Trinajstić information content (AvgIpc) is 2.66. The van der Waals surface area contributed by atoms with Gasteiger partial charge in [-0.25, -0.2) is 4.99 Å². The van der Waals surface area contributed by atoms with E-state index in [0.717, 1.165) is 17.7 Å². The maximum absolute atomic E-state index is 12.0.